The van der Waals surface area contributed by atoms with Crippen molar-refractivity contribution in [2.24, 2.45) is 10.2 Å². The second kappa shape index (κ2) is 8.21. The predicted molar refractivity (Wildman–Crippen MR) is 114 cm³/mol. The summed E-state index contributed by atoms with van der Waals surface area (Å²) in [4.78, 5) is 6.43. The predicted octanol–water partition coefficient (Wildman–Crippen LogP) is 3.49. The summed E-state index contributed by atoms with van der Waals surface area (Å²) in [5, 5.41) is 23.1. The molecule has 3 heterocycles. The average Bonchev–Trinajstić information content (AvgIpc) is 3.32. The monoisotopic (exact) mass is 393 g/mol. The van der Waals surface area contributed by atoms with Crippen LogP contribution in [0.3, 0.4) is 0 Å². The molecule has 1 aromatic heterocycles. The van der Waals surface area contributed by atoms with Crippen molar-refractivity contribution in [1.82, 2.24) is 15.2 Å². The Morgan fingerprint density at radius 2 is 2.17 bits per heavy atom. The summed E-state index contributed by atoms with van der Waals surface area (Å²) in [6.45, 7) is 5.88. The van der Waals surface area contributed by atoms with Crippen LogP contribution < -0.4 is 5.32 Å². The molecule has 2 aliphatic rings. The summed E-state index contributed by atoms with van der Waals surface area (Å²) in [6, 6.07) is 5.95. The van der Waals surface area contributed by atoms with Gasteiger partial charge in [0.2, 0.25) is 0 Å². The molecule has 152 valence electrons. The van der Waals surface area contributed by atoms with Crippen LogP contribution in [-0.2, 0) is 0 Å². The van der Waals surface area contributed by atoms with Crippen LogP contribution >= 0.6 is 0 Å². The topological polar surface area (TPSA) is 86.2 Å². The Morgan fingerprint density at radius 1 is 1.31 bits per heavy atom. The van der Waals surface area contributed by atoms with Gasteiger partial charge in [0.05, 0.1) is 11.9 Å². The Labute approximate surface area is 170 Å². The van der Waals surface area contributed by atoms with Crippen molar-refractivity contribution in [1.29, 1.82) is 0 Å². The molecule has 29 heavy (non-hydrogen) atoms. The number of aryl methyl sites for hydroxylation is 1. The van der Waals surface area contributed by atoms with Gasteiger partial charge in [0.1, 0.15) is 11.6 Å². The molecule has 7 heteroatoms. The Morgan fingerprint density at radius 3 is 2.83 bits per heavy atom. The quantitative estimate of drug-likeness (QED) is 0.830. The van der Waals surface area contributed by atoms with Crippen molar-refractivity contribution in [3.8, 4) is 17.1 Å². The number of phenols is 1. The molecule has 4 rings (SSSR count). The van der Waals surface area contributed by atoms with Crippen LogP contribution in [0.25, 0.3) is 11.3 Å². The Hall–Kier alpha value is -2.93. The molecule has 7 nitrogen and oxygen atoms in total. The van der Waals surface area contributed by atoms with Crippen molar-refractivity contribution in [3.05, 3.63) is 47.5 Å². The lowest BCUT2D eigenvalue weighted by Crippen LogP contribution is -2.33. The van der Waals surface area contributed by atoms with Gasteiger partial charge in [0, 0.05) is 43.6 Å². The Bertz CT molecular complexity index is 989. The first-order valence-electron chi connectivity index (χ1n) is 10.1. The molecule has 0 bridgehead atoms. The summed E-state index contributed by atoms with van der Waals surface area (Å²) < 4.78 is 5.56. The van der Waals surface area contributed by atoms with Crippen LogP contribution in [0.5, 0.6) is 5.75 Å². The first-order chi connectivity index (χ1) is 14.1. The number of aromatic nitrogens is 1. The van der Waals surface area contributed by atoms with Crippen LogP contribution in [0.4, 0.5) is 0 Å². The number of likely N-dealkylation sites (tertiary alicyclic amines) is 1. The second-order valence-corrected chi connectivity index (χ2v) is 7.53. The number of likely N-dealkylation sites (N-methyl/N-ethyl adjacent to an activating group) is 1. The van der Waals surface area contributed by atoms with Gasteiger partial charge in [-0.1, -0.05) is 18.6 Å². The number of hydrogen-bond acceptors (Lipinski definition) is 7. The smallest absolute Gasteiger partial charge is 0.191 e. The van der Waals surface area contributed by atoms with E-state index in [-0.39, 0.29) is 5.75 Å². The van der Waals surface area contributed by atoms with E-state index in [2.05, 4.69) is 38.4 Å². The van der Waals surface area contributed by atoms with Gasteiger partial charge in [-0.3, -0.25) is 0 Å². The average molecular weight is 393 g/mol. The van der Waals surface area contributed by atoms with Crippen molar-refractivity contribution in [2.45, 2.75) is 39.2 Å². The van der Waals surface area contributed by atoms with Crippen LogP contribution in [0.15, 0.2) is 50.7 Å². The number of phenolic OH excluding ortho intramolecular Hbond substituents is 1. The fourth-order valence-electron chi connectivity index (χ4n) is 3.78. The third-order valence-electron chi connectivity index (χ3n) is 5.59. The van der Waals surface area contributed by atoms with Gasteiger partial charge in [0.25, 0.3) is 0 Å². The summed E-state index contributed by atoms with van der Waals surface area (Å²) in [5.41, 5.74) is 3.37. The third kappa shape index (κ3) is 4.10. The maximum atomic E-state index is 10.7. The van der Waals surface area contributed by atoms with Crippen molar-refractivity contribution < 1.29 is 9.52 Å². The molecule has 1 fully saturated rings. The first kappa shape index (κ1) is 19.4. The molecule has 0 aliphatic carbocycles. The number of hydrogen-bond donors (Lipinski definition) is 2. The van der Waals surface area contributed by atoms with Gasteiger partial charge >= 0.3 is 0 Å². The van der Waals surface area contributed by atoms with Gasteiger partial charge in [-0.15, -0.1) is 10.2 Å². The van der Waals surface area contributed by atoms with Gasteiger partial charge in [0.15, 0.2) is 11.7 Å². The van der Waals surface area contributed by atoms with Crippen LogP contribution in [0.1, 0.15) is 37.6 Å². The van der Waals surface area contributed by atoms with Crippen molar-refractivity contribution in [3.63, 3.8) is 0 Å². The Kier molecular flexibility index (Phi) is 5.49. The van der Waals surface area contributed by atoms with E-state index in [0.29, 0.717) is 29.0 Å². The summed E-state index contributed by atoms with van der Waals surface area (Å²) in [7, 11) is 2.00. The van der Waals surface area contributed by atoms with Gasteiger partial charge < -0.3 is 19.7 Å². The van der Waals surface area contributed by atoms with Gasteiger partial charge in [-0.05, 0) is 38.1 Å². The highest BCUT2D eigenvalue weighted by molar-refractivity contribution is 6.12. The van der Waals surface area contributed by atoms with Crippen molar-refractivity contribution >= 4 is 11.5 Å². The lowest BCUT2D eigenvalue weighted by molar-refractivity contribution is 0.473. The van der Waals surface area contributed by atoms with E-state index in [1.807, 2.05) is 19.2 Å². The molecule has 1 aromatic carbocycles. The maximum Gasteiger partial charge on any atom is 0.191 e. The minimum atomic E-state index is 0.150. The number of amidine groups is 1. The molecule has 2 aromatic rings. The maximum absolute atomic E-state index is 10.7. The van der Waals surface area contributed by atoms with E-state index in [1.165, 1.54) is 5.57 Å². The minimum Gasteiger partial charge on any atom is -0.507 e. The number of oxazole rings is 1. The lowest BCUT2D eigenvalue weighted by atomic mass is 10.0. The molecule has 1 unspecified atom stereocenters. The van der Waals surface area contributed by atoms with Crippen LogP contribution in [-0.4, -0.2) is 52.7 Å². The largest absolute Gasteiger partial charge is 0.507 e. The van der Waals surface area contributed by atoms with Gasteiger partial charge in [-0.25, -0.2) is 4.98 Å². The number of benzene rings is 1. The van der Waals surface area contributed by atoms with E-state index in [9.17, 15) is 5.11 Å². The zero-order valence-corrected chi connectivity index (χ0v) is 17.1. The number of aromatic hydroxyl groups is 1. The minimum absolute atomic E-state index is 0.150. The zero-order valence-electron chi connectivity index (χ0n) is 17.1. The molecule has 1 atom stereocenters. The standard InChI is InChI=1S/C22H27N5O2/c1-4-15-9-19(25-26-22(10-15)27-8-7-17(13-27)23-3)18-6-5-16(11-20(18)28)21-12-24-14(2)29-21/h5-6,9,11-12,17,23,28H,4,7-8,10,13H2,1-3H3. The molecular formula is C22H27N5O2. The number of nitrogens with one attached hydrogen (secondary N) is 1. The number of rotatable bonds is 4. The Balaban J connectivity index is 1.64. The summed E-state index contributed by atoms with van der Waals surface area (Å²) in [5.74, 6) is 2.37. The van der Waals surface area contributed by atoms with E-state index in [1.54, 1.807) is 19.2 Å². The SMILES string of the molecule is CCC1=CC(c2ccc(-c3cnc(C)o3)cc2O)=NN=C(N2CCC(NC)C2)C1. The molecule has 0 amide bonds. The van der Waals surface area contributed by atoms with Crippen molar-refractivity contribution in [2.75, 3.05) is 20.1 Å². The van der Waals surface area contributed by atoms with E-state index in [4.69, 9.17) is 4.42 Å². The van der Waals surface area contributed by atoms with E-state index >= 15 is 0 Å². The lowest BCUT2D eigenvalue weighted by Gasteiger charge is -2.20. The summed E-state index contributed by atoms with van der Waals surface area (Å²) in [6.07, 6.45) is 6.52. The highest BCUT2D eigenvalue weighted by atomic mass is 16.4. The normalized spacial score (nSPS) is 19.6. The second-order valence-electron chi connectivity index (χ2n) is 7.53. The highest BCUT2D eigenvalue weighted by Crippen LogP contribution is 2.29. The molecular weight excluding hydrogens is 366 g/mol. The third-order valence-corrected chi connectivity index (χ3v) is 5.59. The fourth-order valence-corrected chi connectivity index (χ4v) is 3.78. The molecule has 0 radical (unpaired) electrons. The summed E-state index contributed by atoms with van der Waals surface area (Å²) >= 11 is 0. The molecule has 2 aliphatic heterocycles. The van der Waals surface area contributed by atoms with E-state index in [0.717, 1.165) is 43.8 Å². The number of allylic oxidation sites excluding steroid dienone is 1. The molecule has 1 saturated heterocycles. The highest BCUT2D eigenvalue weighted by Gasteiger charge is 2.25. The van der Waals surface area contributed by atoms with E-state index < -0.39 is 0 Å². The molecule has 2 N–H and O–H groups in total. The number of nitrogens with zero attached hydrogens (tertiary/aromatic N) is 4. The fraction of sp³-hybridized carbons (Fsp3) is 0.409. The zero-order chi connectivity index (χ0) is 20.4. The molecule has 0 saturated carbocycles. The van der Waals surface area contributed by atoms with Gasteiger partial charge in [-0.2, -0.15) is 0 Å². The van der Waals surface area contributed by atoms with Crippen LogP contribution in [0, 0.1) is 6.92 Å². The first-order valence-corrected chi connectivity index (χ1v) is 10.1. The van der Waals surface area contributed by atoms with Crippen LogP contribution in [0.2, 0.25) is 0 Å². The molecule has 0 spiro atoms.